The molecule has 1 aliphatic rings. The molecule has 0 bridgehead atoms. The Hall–Kier alpha value is -2.32. The summed E-state index contributed by atoms with van der Waals surface area (Å²) in [6.07, 6.45) is 1.05. The Morgan fingerprint density at radius 1 is 1.44 bits per heavy atom. The molecule has 1 fully saturated rings. The molecule has 1 saturated heterocycles. The van der Waals surface area contributed by atoms with Gasteiger partial charge in [-0.3, -0.25) is 4.79 Å². The third-order valence-corrected chi connectivity index (χ3v) is 5.83. The summed E-state index contributed by atoms with van der Waals surface area (Å²) in [7, 11) is 0. The minimum Gasteiger partial charge on any atom is -0.387 e. The van der Waals surface area contributed by atoms with E-state index >= 15 is 0 Å². The monoisotopic (exact) mass is 360 g/mol. The molecule has 8 heteroatoms. The molecule has 2 aromatic heterocycles. The first-order valence-electron chi connectivity index (χ1n) is 8.01. The Morgan fingerprint density at radius 3 is 2.88 bits per heavy atom. The van der Waals surface area contributed by atoms with Crippen molar-refractivity contribution in [2.24, 2.45) is 0 Å². The lowest BCUT2D eigenvalue weighted by molar-refractivity contribution is 0.0502. The van der Waals surface area contributed by atoms with Gasteiger partial charge in [0.1, 0.15) is 11.5 Å². The number of aliphatic hydroxyl groups is 1. The van der Waals surface area contributed by atoms with Crippen LogP contribution < -0.4 is 0 Å². The first-order chi connectivity index (χ1) is 11.9. The molecule has 0 aliphatic carbocycles. The highest BCUT2D eigenvalue weighted by atomic mass is 32.1. The van der Waals surface area contributed by atoms with Crippen LogP contribution in [0.2, 0.25) is 0 Å². The average molecular weight is 360 g/mol. The van der Waals surface area contributed by atoms with Gasteiger partial charge in [0.05, 0.1) is 23.2 Å². The van der Waals surface area contributed by atoms with Gasteiger partial charge < -0.3 is 10.0 Å². The van der Waals surface area contributed by atoms with Crippen molar-refractivity contribution >= 4 is 27.3 Å². The zero-order valence-electron chi connectivity index (χ0n) is 13.8. The summed E-state index contributed by atoms with van der Waals surface area (Å²) in [5, 5.41) is 18.2. The minimum absolute atomic E-state index is 0.0359. The summed E-state index contributed by atoms with van der Waals surface area (Å²) in [4.78, 5) is 15.2. The van der Waals surface area contributed by atoms with Crippen molar-refractivity contribution in [2.45, 2.75) is 26.0 Å². The Bertz CT molecular complexity index is 959. The van der Waals surface area contributed by atoms with E-state index in [1.807, 2.05) is 6.92 Å². The fourth-order valence-electron chi connectivity index (χ4n) is 2.99. The number of thiophene rings is 1. The summed E-state index contributed by atoms with van der Waals surface area (Å²) >= 11 is 1.40. The SMILES string of the molecule is Cc1c(C(=O)N2CC(n3cc([C@H](C)O)nn3)C2)sc2ccc(F)cc12. The van der Waals surface area contributed by atoms with Crippen LogP contribution in [0.5, 0.6) is 0 Å². The predicted octanol–water partition coefficient (Wildman–Crippen LogP) is 2.69. The van der Waals surface area contributed by atoms with E-state index in [-0.39, 0.29) is 17.8 Å². The fourth-order valence-corrected chi connectivity index (χ4v) is 4.15. The number of amides is 1. The number of likely N-dealkylation sites (tertiary alicyclic amines) is 1. The molecule has 1 aliphatic heterocycles. The van der Waals surface area contributed by atoms with Crippen LogP contribution in [0.4, 0.5) is 4.39 Å². The number of halogens is 1. The van der Waals surface area contributed by atoms with E-state index in [1.54, 1.807) is 28.8 Å². The number of aromatic nitrogens is 3. The molecule has 3 aromatic rings. The third-order valence-electron chi connectivity index (χ3n) is 4.57. The van der Waals surface area contributed by atoms with Gasteiger partial charge in [-0.05, 0) is 43.0 Å². The van der Waals surface area contributed by atoms with Gasteiger partial charge in [-0.25, -0.2) is 9.07 Å². The van der Waals surface area contributed by atoms with Gasteiger partial charge in [-0.15, -0.1) is 16.4 Å². The maximum atomic E-state index is 13.4. The number of carbonyl (C=O) groups is 1. The number of rotatable bonds is 3. The van der Waals surface area contributed by atoms with Gasteiger partial charge >= 0.3 is 0 Å². The molecule has 1 amide bonds. The van der Waals surface area contributed by atoms with E-state index in [4.69, 9.17) is 0 Å². The van der Waals surface area contributed by atoms with Gasteiger partial charge in [0, 0.05) is 17.8 Å². The number of carbonyl (C=O) groups excluding carboxylic acids is 1. The lowest BCUT2D eigenvalue weighted by Crippen LogP contribution is -2.50. The summed E-state index contributed by atoms with van der Waals surface area (Å²) in [5.41, 5.74) is 1.34. The first-order valence-corrected chi connectivity index (χ1v) is 8.83. The zero-order chi connectivity index (χ0) is 17.7. The molecule has 6 nitrogen and oxygen atoms in total. The molecule has 0 saturated carbocycles. The molecular weight excluding hydrogens is 343 g/mol. The first kappa shape index (κ1) is 16.2. The Kier molecular flexibility index (Phi) is 3.81. The molecule has 4 rings (SSSR count). The smallest absolute Gasteiger partial charge is 0.264 e. The van der Waals surface area contributed by atoms with Gasteiger partial charge in [0.15, 0.2) is 0 Å². The third kappa shape index (κ3) is 2.71. The van der Waals surface area contributed by atoms with Gasteiger partial charge in [0.2, 0.25) is 0 Å². The number of nitrogens with zero attached hydrogens (tertiary/aromatic N) is 4. The molecule has 1 atom stereocenters. The number of benzene rings is 1. The van der Waals surface area contributed by atoms with E-state index < -0.39 is 6.10 Å². The second-order valence-electron chi connectivity index (χ2n) is 6.36. The highest BCUT2D eigenvalue weighted by molar-refractivity contribution is 7.21. The highest BCUT2D eigenvalue weighted by Gasteiger charge is 2.35. The van der Waals surface area contributed by atoms with Gasteiger partial charge in [-0.2, -0.15) is 0 Å². The van der Waals surface area contributed by atoms with Crippen molar-refractivity contribution in [1.29, 1.82) is 0 Å². The largest absolute Gasteiger partial charge is 0.387 e. The molecule has 0 unspecified atom stereocenters. The van der Waals surface area contributed by atoms with Gasteiger partial charge in [-0.1, -0.05) is 5.21 Å². The van der Waals surface area contributed by atoms with Crippen LogP contribution >= 0.6 is 11.3 Å². The molecule has 3 heterocycles. The van der Waals surface area contributed by atoms with Crippen LogP contribution in [-0.2, 0) is 0 Å². The predicted molar refractivity (Wildman–Crippen MR) is 92.1 cm³/mol. The van der Waals surface area contributed by atoms with Crippen molar-refractivity contribution in [3.8, 4) is 0 Å². The van der Waals surface area contributed by atoms with Crippen molar-refractivity contribution in [1.82, 2.24) is 19.9 Å². The maximum Gasteiger partial charge on any atom is 0.264 e. The van der Waals surface area contributed by atoms with Crippen molar-refractivity contribution in [3.05, 3.63) is 46.3 Å². The summed E-state index contributed by atoms with van der Waals surface area (Å²) in [6, 6.07) is 4.67. The Balaban J connectivity index is 1.50. The number of hydrogen-bond donors (Lipinski definition) is 1. The Morgan fingerprint density at radius 2 is 2.20 bits per heavy atom. The van der Waals surface area contributed by atoms with Crippen molar-refractivity contribution in [3.63, 3.8) is 0 Å². The molecular formula is C17H17FN4O2S. The lowest BCUT2D eigenvalue weighted by atomic mass is 10.1. The molecule has 0 radical (unpaired) electrons. The lowest BCUT2D eigenvalue weighted by Gasteiger charge is -2.38. The Labute approximate surface area is 147 Å². The number of aliphatic hydroxyl groups excluding tert-OH is 1. The van der Waals surface area contributed by atoms with E-state index in [1.165, 1.54) is 23.5 Å². The summed E-state index contributed by atoms with van der Waals surface area (Å²) in [5.74, 6) is -0.331. The van der Waals surface area contributed by atoms with Crippen molar-refractivity contribution < 1.29 is 14.3 Å². The van der Waals surface area contributed by atoms with Crippen molar-refractivity contribution in [2.75, 3.05) is 13.1 Å². The number of hydrogen-bond acceptors (Lipinski definition) is 5. The maximum absolute atomic E-state index is 13.4. The van der Waals surface area contributed by atoms with E-state index in [2.05, 4.69) is 10.3 Å². The van der Waals surface area contributed by atoms with Crippen LogP contribution in [0.1, 0.15) is 40.0 Å². The fraction of sp³-hybridized carbons (Fsp3) is 0.353. The van der Waals surface area contributed by atoms with Crippen LogP contribution in [0.3, 0.4) is 0 Å². The van der Waals surface area contributed by atoms with Crippen LogP contribution in [0.15, 0.2) is 24.4 Å². The van der Waals surface area contributed by atoms with Crippen LogP contribution in [0.25, 0.3) is 10.1 Å². The number of aryl methyl sites for hydroxylation is 1. The number of fused-ring (bicyclic) bond motifs is 1. The quantitative estimate of drug-likeness (QED) is 0.780. The molecule has 0 spiro atoms. The summed E-state index contributed by atoms with van der Waals surface area (Å²) in [6.45, 7) is 4.58. The van der Waals surface area contributed by atoms with Crippen LogP contribution in [0, 0.1) is 12.7 Å². The topological polar surface area (TPSA) is 71.2 Å². The molecule has 1 N–H and O–H groups in total. The standard InChI is InChI=1S/C17H17FN4O2S/c1-9-13-5-11(18)3-4-15(13)25-16(9)17(24)21-6-12(7-21)22-8-14(10(2)23)19-20-22/h3-5,8,10,12,23H,6-7H2,1-2H3/t10-/m0/s1. The van der Waals surface area contributed by atoms with E-state index in [0.717, 1.165) is 15.6 Å². The zero-order valence-corrected chi connectivity index (χ0v) is 14.6. The second-order valence-corrected chi connectivity index (χ2v) is 7.41. The molecule has 1 aromatic carbocycles. The van der Waals surface area contributed by atoms with E-state index in [0.29, 0.717) is 23.7 Å². The minimum atomic E-state index is -0.659. The van der Waals surface area contributed by atoms with E-state index in [9.17, 15) is 14.3 Å². The average Bonchev–Trinajstić information content (AvgIpc) is 3.12. The normalized spacial score (nSPS) is 16.2. The second kappa shape index (κ2) is 5.89. The summed E-state index contributed by atoms with van der Waals surface area (Å²) < 4.78 is 16.0. The molecule has 130 valence electrons. The van der Waals surface area contributed by atoms with Gasteiger partial charge in [0.25, 0.3) is 5.91 Å². The van der Waals surface area contributed by atoms with Crippen LogP contribution in [-0.4, -0.2) is 44.0 Å². The highest BCUT2D eigenvalue weighted by Crippen LogP contribution is 2.34. The molecule has 25 heavy (non-hydrogen) atoms.